The summed E-state index contributed by atoms with van der Waals surface area (Å²) in [4.78, 5) is 27.2. The van der Waals surface area contributed by atoms with Gasteiger partial charge in [-0.2, -0.15) is 0 Å². The zero-order valence-electron chi connectivity index (χ0n) is 14.3. The van der Waals surface area contributed by atoms with E-state index in [1.807, 2.05) is 36.1 Å². The number of amides is 1. The molecule has 1 N–H and O–H groups in total. The third-order valence-corrected chi connectivity index (χ3v) is 6.91. The summed E-state index contributed by atoms with van der Waals surface area (Å²) in [5.74, 6) is -2.43. The van der Waals surface area contributed by atoms with Crippen LogP contribution in [0.1, 0.15) is 23.7 Å². The van der Waals surface area contributed by atoms with Crippen molar-refractivity contribution >= 4 is 17.6 Å². The zero-order valence-corrected chi connectivity index (χ0v) is 14.3. The second-order valence-corrected chi connectivity index (χ2v) is 8.10. The lowest BCUT2D eigenvalue weighted by Gasteiger charge is -2.44. The first-order valence-electron chi connectivity index (χ1n) is 9.18. The number of carbonyl (C=O) groups excluding carboxylic acids is 1. The molecule has 0 saturated carbocycles. The Morgan fingerprint density at radius 1 is 1.38 bits per heavy atom. The van der Waals surface area contributed by atoms with Crippen molar-refractivity contribution < 1.29 is 24.2 Å². The highest BCUT2D eigenvalue weighted by Crippen LogP contribution is 2.62. The smallest absolute Gasteiger partial charge is 0.310 e. The van der Waals surface area contributed by atoms with E-state index in [1.54, 1.807) is 0 Å². The number of ether oxygens (including phenoxy) is 2. The van der Waals surface area contributed by atoms with Crippen LogP contribution in [0.4, 0.5) is 5.69 Å². The van der Waals surface area contributed by atoms with Crippen molar-refractivity contribution in [1.29, 1.82) is 0 Å². The number of rotatable bonds is 1. The van der Waals surface area contributed by atoms with Crippen LogP contribution in [0.25, 0.3) is 0 Å². The van der Waals surface area contributed by atoms with E-state index in [-0.39, 0.29) is 24.0 Å². The van der Waals surface area contributed by atoms with Crippen LogP contribution in [0.2, 0.25) is 0 Å². The number of hydrogen-bond donors (Lipinski definition) is 1. The molecule has 1 amide bonds. The van der Waals surface area contributed by atoms with Crippen molar-refractivity contribution in [3.63, 3.8) is 0 Å². The van der Waals surface area contributed by atoms with E-state index in [9.17, 15) is 14.7 Å². The van der Waals surface area contributed by atoms with Gasteiger partial charge in [0.2, 0.25) is 5.91 Å². The minimum atomic E-state index is -0.956. The molecule has 6 nitrogen and oxygen atoms in total. The average Bonchev–Trinajstić information content (AvgIpc) is 3.35. The Balaban J connectivity index is 1.59. The lowest BCUT2D eigenvalue weighted by molar-refractivity contribution is -0.146. The second-order valence-electron chi connectivity index (χ2n) is 8.10. The van der Waals surface area contributed by atoms with E-state index in [4.69, 9.17) is 9.47 Å². The number of anilines is 1. The summed E-state index contributed by atoms with van der Waals surface area (Å²) in [5, 5.41) is 9.74. The van der Waals surface area contributed by atoms with Crippen molar-refractivity contribution in [1.82, 2.24) is 0 Å². The van der Waals surface area contributed by atoms with Gasteiger partial charge >= 0.3 is 5.97 Å². The maximum atomic E-state index is 13.5. The Bertz CT molecular complexity index is 894. The van der Waals surface area contributed by atoms with Crippen LogP contribution in [-0.2, 0) is 19.1 Å². The molecule has 0 aromatic heterocycles. The normalized spacial score (nSPS) is 44.0. The lowest BCUT2D eigenvalue weighted by Crippen LogP contribution is -2.53. The molecule has 0 radical (unpaired) electrons. The number of benzene rings is 1. The Hall–Kier alpha value is -2.18. The second kappa shape index (κ2) is 4.56. The molecule has 1 aromatic rings. The van der Waals surface area contributed by atoms with E-state index >= 15 is 0 Å². The van der Waals surface area contributed by atoms with E-state index in [1.165, 1.54) is 0 Å². The molecule has 1 aromatic carbocycles. The van der Waals surface area contributed by atoms with E-state index in [0.29, 0.717) is 6.61 Å². The van der Waals surface area contributed by atoms with Gasteiger partial charge in [0.15, 0.2) is 0 Å². The molecule has 5 aliphatic rings. The topological polar surface area (TPSA) is 76.1 Å². The number of fused-ring (bicyclic) bond motifs is 7. The summed E-state index contributed by atoms with van der Waals surface area (Å²) in [6.45, 7) is 2.68. The highest BCUT2D eigenvalue weighted by atomic mass is 16.5. The van der Waals surface area contributed by atoms with Crippen molar-refractivity contribution in [2.75, 3.05) is 11.5 Å². The molecule has 134 valence electrons. The fraction of sp³-hybridized carbons (Fsp3) is 0.500. The van der Waals surface area contributed by atoms with Gasteiger partial charge in [-0.1, -0.05) is 29.8 Å². The van der Waals surface area contributed by atoms with Gasteiger partial charge in [-0.3, -0.25) is 9.59 Å². The Morgan fingerprint density at radius 3 is 3.04 bits per heavy atom. The maximum Gasteiger partial charge on any atom is 0.310 e. The molecule has 6 rings (SSSR count). The van der Waals surface area contributed by atoms with Gasteiger partial charge in [-0.15, -0.1) is 0 Å². The lowest BCUT2D eigenvalue weighted by atomic mass is 9.70. The number of carboxylic acid groups (broad SMARTS) is 1. The third kappa shape index (κ3) is 1.48. The monoisotopic (exact) mass is 353 g/mol. The van der Waals surface area contributed by atoms with E-state index < -0.39 is 29.5 Å². The molecule has 6 heteroatoms. The van der Waals surface area contributed by atoms with Crippen molar-refractivity contribution in [3.8, 4) is 0 Å². The summed E-state index contributed by atoms with van der Waals surface area (Å²) >= 11 is 0. The largest absolute Gasteiger partial charge is 0.481 e. The molecule has 26 heavy (non-hydrogen) atoms. The molecular weight excluding hydrogens is 334 g/mol. The molecule has 2 bridgehead atoms. The number of aryl methyl sites for hydroxylation is 1. The molecule has 0 aliphatic carbocycles. The number of carboxylic acids is 1. The fourth-order valence-corrected chi connectivity index (χ4v) is 6.04. The van der Waals surface area contributed by atoms with E-state index in [0.717, 1.165) is 23.2 Å². The standard InChI is InChI=1S/C20H19NO5/c1-9-2-3-12-11(8-9)16-10(5-7-25-16)17-20-6-4-13(26-20)14(19(23)24)15(20)18(22)21(12)17/h2-4,6,8,10,13-17H,5,7H2,1H3,(H,23,24)/t10-,13-,14-,15+,16+,17-,20-/m0/s1. The maximum absolute atomic E-state index is 13.5. The summed E-state index contributed by atoms with van der Waals surface area (Å²) in [5.41, 5.74) is 2.17. The van der Waals surface area contributed by atoms with Crippen molar-refractivity contribution in [2.45, 2.75) is 37.2 Å². The van der Waals surface area contributed by atoms with Gasteiger partial charge in [0.25, 0.3) is 0 Å². The molecule has 5 aliphatic heterocycles. The molecule has 5 heterocycles. The number of nitrogens with zero attached hydrogens (tertiary/aromatic N) is 1. The summed E-state index contributed by atoms with van der Waals surface area (Å²) < 4.78 is 12.3. The van der Waals surface area contributed by atoms with Gasteiger partial charge in [0, 0.05) is 23.8 Å². The van der Waals surface area contributed by atoms with Gasteiger partial charge in [0.1, 0.15) is 11.5 Å². The molecular formula is C20H19NO5. The Kier molecular flexibility index (Phi) is 2.62. The first-order valence-corrected chi connectivity index (χ1v) is 9.18. The highest BCUT2D eigenvalue weighted by Gasteiger charge is 2.74. The Morgan fingerprint density at radius 2 is 2.23 bits per heavy atom. The van der Waals surface area contributed by atoms with E-state index in [2.05, 4.69) is 6.07 Å². The summed E-state index contributed by atoms with van der Waals surface area (Å²) in [7, 11) is 0. The molecule has 3 saturated heterocycles. The number of hydrogen-bond acceptors (Lipinski definition) is 4. The molecule has 7 atom stereocenters. The minimum Gasteiger partial charge on any atom is -0.481 e. The van der Waals surface area contributed by atoms with Crippen LogP contribution in [0, 0.1) is 24.7 Å². The molecule has 0 unspecified atom stereocenters. The quantitative estimate of drug-likeness (QED) is 0.780. The summed E-state index contributed by atoms with van der Waals surface area (Å²) in [6, 6.07) is 5.86. The van der Waals surface area contributed by atoms with Crippen LogP contribution in [0.3, 0.4) is 0 Å². The van der Waals surface area contributed by atoms with Crippen LogP contribution >= 0.6 is 0 Å². The first kappa shape index (κ1) is 14.9. The van der Waals surface area contributed by atoms with Gasteiger partial charge in [0.05, 0.1) is 24.2 Å². The van der Waals surface area contributed by atoms with Gasteiger partial charge < -0.3 is 19.5 Å². The van der Waals surface area contributed by atoms with Crippen molar-refractivity contribution in [3.05, 3.63) is 41.5 Å². The van der Waals surface area contributed by atoms with Crippen molar-refractivity contribution in [2.24, 2.45) is 17.8 Å². The molecule has 3 fully saturated rings. The Labute approximate surface area is 150 Å². The summed E-state index contributed by atoms with van der Waals surface area (Å²) in [6.07, 6.45) is 4.07. The van der Waals surface area contributed by atoms with Crippen LogP contribution in [0.5, 0.6) is 0 Å². The number of carbonyl (C=O) groups is 2. The predicted molar refractivity (Wildman–Crippen MR) is 90.6 cm³/mol. The third-order valence-electron chi connectivity index (χ3n) is 6.91. The predicted octanol–water partition coefficient (Wildman–Crippen LogP) is 1.83. The van der Waals surface area contributed by atoms with Crippen LogP contribution in [-0.4, -0.2) is 41.3 Å². The highest BCUT2D eigenvalue weighted by molar-refractivity contribution is 6.04. The molecule has 1 spiro atoms. The van der Waals surface area contributed by atoms with Gasteiger partial charge in [-0.05, 0) is 19.4 Å². The number of aliphatic carboxylic acids is 1. The fourth-order valence-electron chi connectivity index (χ4n) is 6.04. The average molecular weight is 353 g/mol. The van der Waals surface area contributed by atoms with Crippen LogP contribution in [0.15, 0.2) is 30.4 Å². The first-order chi connectivity index (χ1) is 12.5. The van der Waals surface area contributed by atoms with Crippen LogP contribution < -0.4 is 4.90 Å². The SMILES string of the molecule is Cc1ccc2c(c1)[C@@H]1OCC[C@@H]1[C@@H]1N2C(=O)[C@H]2[C@@H](C(=O)O)[C@@H]3C=C[C@@]12O3. The zero-order chi connectivity index (χ0) is 17.8. The van der Waals surface area contributed by atoms with Gasteiger partial charge in [-0.25, -0.2) is 0 Å². The minimum absolute atomic E-state index is 0.0630.